The van der Waals surface area contributed by atoms with Gasteiger partial charge in [0.2, 0.25) is 5.91 Å². The van der Waals surface area contributed by atoms with Crippen LogP contribution in [-0.4, -0.2) is 36.2 Å². The highest BCUT2D eigenvalue weighted by Gasteiger charge is 2.44. The molecule has 0 radical (unpaired) electrons. The van der Waals surface area contributed by atoms with E-state index in [9.17, 15) is 9.59 Å². The van der Waals surface area contributed by atoms with Crippen LogP contribution in [0.2, 0.25) is 0 Å². The third-order valence-electron chi connectivity index (χ3n) is 3.50. The molecule has 1 aliphatic heterocycles. The maximum atomic E-state index is 12.4. The van der Waals surface area contributed by atoms with Gasteiger partial charge in [0.25, 0.3) is 0 Å². The number of hydrogen-bond acceptors (Lipinski definition) is 4. The van der Waals surface area contributed by atoms with Crippen LogP contribution < -0.4 is 11.1 Å². The minimum absolute atomic E-state index is 0.0256. The molecule has 2 atom stereocenters. The van der Waals surface area contributed by atoms with Crippen molar-refractivity contribution in [1.29, 1.82) is 0 Å². The third kappa shape index (κ3) is 2.70. The maximum absolute atomic E-state index is 12.4. The first-order valence-corrected chi connectivity index (χ1v) is 6.81. The van der Waals surface area contributed by atoms with Gasteiger partial charge in [0.1, 0.15) is 0 Å². The van der Waals surface area contributed by atoms with Crippen molar-refractivity contribution >= 4 is 33.5 Å². The lowest BCUT2D eigenvalue weighted by molar-refractivity contribution is -0.125. The topological polar surface area (TPSA) is 102 Å². The molecule has 0 saturated carbocycles. The average molecular weight is 343 g/mol. The zero-order valence-electron chi connectivity index (χ0n) is 10.9. The van der Waals surface area contributed by atoms with Crippen LogP contribution in [0.4, 0.5) is 5.69 Å². The summed E-state index contributed by atoms with van der Waals surface area (Å²) in [5.41, 5.74) is 5.28. The van der Waals surface area contributed by atoms with E-state index in [1.807, 2.05) is 0 Å². The Morgan fingerprint density at radius 3 is 2.80 bits per heavy atom. The monoisotopic (exact) mass is 342 g/mol. The van der Waals surface area contributed by atoms with E-state index in [-0.39, 0.29) is 23.8 Å². The number of benzene rings is 1. The summed E-state index contributed by atoms with van der Waals surface area (Å²) in [6, 6.07) is 4.16. The molecule has 7 heteroatoms. The molecule has 20 heavy (non-hydrogen) atoms. The summed E-state index contributed by atoms with van der Waals surface area (Å²) in [6.45, 7) is 2.24. The third-order valence-corrected chi connectivity index (χ3v) is 3.99. The second-order valence-corrected chi connectivity index (χ2v) is 5.90. The number of hydrogen-bond donors (Lipinski definition) is 3. The molecule has 0 aromatic heterocycles. The van der Waals surface area contributed by atoms with Crippen molar-refractivity contribution in [2.75, 3.05) is 18.5 Å². The Balaban J connectivity index is 2.28. The molecule has 0 spiro atoms. The van der Waals surface area contributed by atoms with Gasteiger partial charge in [-0.05, 0) is 25.1 Å². The van der Waals surface area contributed by atoms with E-state index >= 15 is 0 Å². The molecule has 1 aromatic rings. The first kappa shape index (κ1) is 15.0. The van der Waals surface area contributed by atoms with Crippen molar-refractivity contribution < 1.29 is 19.4 Å². The molecule has 4 N–H and O–H groups in total. The average Bonchev–Trinajstić information content (AvgIpc) is 2.70. The molecule has 0 bridgehead atoms. The van der Waals surface area contributed by atoms with Gasteiger partial charge in [-0.3, -0.25) is 4.79 Å². The highest BCUT2D eigenvalue weighted by Crippen LogP contribution is 2.30. The van der Waals surface area contributed by atoms with E-state index in [1.54, 1.807) is 19.1 Å². The molecule has 2 unspecified atom stereocenters. The summed E-state index contributed by atoms with van der Waals surface area (Å²) in [6.07, 6.45) is 0. The van der Waals surface area contributed by atoms with Crippen molar-refractivity contribution in [3.63, 3.8) is 0 Å². The molecule has 1 fully saturated rings. The second kappa shape index (κ2) is 5.51. The highest BCUT2D eigenvalue weighted by atomic mass is 79.9. The lowest BCUT2D eigenvalue weighted by atomic mass is 9.84. The number of amides is 1. The summed E-state index contributed by atoms with van der Waals surface area (Å²) in [4.78, 5) is 23.5. The molecule has 1 aliphatic rings. The van der Waals surface area contributed by atoms with Gasteiger partial charge in [-0.15, -0.1) is 0 Å². The Labute approximate surface area is 124 Å². The summed E-state index contributed by atoms with van der Waals surface area (Å²) in [5, 5.41) is 11.8. The number of halogens is 1. The lowest BCUT2D eigenvalue weighted by Gasteiger charge is -2.25. The second-order valence-electron chi connectivity index (χ2n) is 4.99. The first-order valence-electron chi connectivity index (χ1n) is 6.02. The Bertz CT molecular complexity index is 563. The number of anilines is 1. The molecule has 1 saturated heterocycles. The van der Waals surface area contributed by atoms with Gasteiger partial charge in [-0.2, -0.15) is 0 Å². The van der Waals surface area contributed by atoms with E-state index in [1.165, 1.54) is 6.07 Å². The Morgan fingerprint density at radius 2 is 2.25 bits per heavy atom. The fourth-order valence-corrected chi connectivity index (χ4v) is 2.36. The van der Waals surface area contributed by atoms with E-state index < -0.39 is 17.4 Å². The van der Waals surface area contributed by atoms with Crippen LogP contribution in [0.5, 0.6) is 0 Å². The minimum Gasteiger partial charge on any atom is -0.478 e. The first-order chi connectivity index (χ1) is 9.34. The zero-order chi connectivity index (χ0) is 14.9. The number of carboxylic acid groups (broad SMARTS) is 1. The van der Waals surface area contributed by atoms with Gasteiger partial charge in [0.15, 0.2) is 0 Å². The van der Waals surface area contributed by atoms with Crippen LogP contribution >= 0.6 is 15.9 Å². The molecule has 2 rings (SSSR count). The smallest absolute Gasteiger partial charge is 0.337 e. The predicted molar refractivity (Wildman–Crippen MR) is 76.6 cm³/mol. The van der Waals surface area contributed by atoms with Crippen molar-refractivity contribution in [3.05, 3.63) is 28.2 Å². The van der Waals surface area contributed by atoms with Crippen molar-refractivity contribution in [2.45, 2.75) is 13.0 Å². The standard InChI is InChI=1S/C13H15BrN2O4/c1-13(6-20-5-10(13)15)12(19)16-9-4-7(14)2-3-8(9)11(17)18/h2-4,10H,5-6,15H2,1H3,(H,16,19)(H,17,18). The van der Waals surface area contributed by atoms with E-state index in [0.717, 1.165) is 0 Å². The van der Waals surface area contributed by atoms with Crippen LogP contribution in [-0.2, 0) is 9.53 Å². The fourth-order valence-electron chi connectivity index (χ4n) is 1.99. The van der Waals surface area contributed by atoms with Gasteiger partial charge in [-0.1, -0.05) is 15.9 Å². The Hall–Kier alpha value is -1.44. The van der Waals surface area contributed by atoms with E-state index in [0.29, 0.717) is 11.1 Å². The number of carbonyl (C=O) groups excluding carboxylic acids is 1. The predicted octanol–water partition coefficient (Wildman–Crippen LogP) is 1.45. The number of nitrogens with two attached hydrogens (primary N) is 1. The molecule has 108 valence electrons. The number of aromatic carboxylic acids is 1. The van der Waals surface area contributed by atoms with Crippen LogP contribution in [0.3, 0.4) is 0 Å². The summed E-state index contributed by atoms with van der Waals surface area (Å²) >= 11 is 3.25. The molecule has 1 heterocycles. The highest BCUT2D eigenvalue weighted by molar-refractivity contribution is 9.10. The van der Waals surface area contributed by atoms with E-state index in [4.69, 9.17) is 15.6 Å². The molecule has 6 nitrogen and oxygen atoms in total. The normalized spacial score (nSPS) is 25.4. The molecule has 1 aromatic carbocycles. The number of ether oxygens (including phenoxy) is 1. The summed E-state index contributed by atoms with van der Waals surface area (Å²) in [5.74, 6) is -1.45. The minimum atomic E-state index is -1.11. The Kier molecular flexibility index (Phi) is 4.12. The number of nitrogens with one attached hydrogen (secondary N) is 1. The van der Waals surface area contributed by atoms with Gasteiger partial charge >= 0.3 is 5.97 Å². The summed E-state index contributed by atoms with van der Waals surface area (Å²) in [7, 11) is 0. The summed E-state index contributed by atoms with van der Waals surface area (Å²) < 4.78 is 5.90. The van der Waals surface area contributed by atoms with Crippen molar-refractivity contribution in [2.24, 2.45) is 11.1 Å². The molecular formula is C13H15BrN2O4. The SMILES string of the molecule is CC1(C(=O)Nc2cc(Br)ccc2C(=O)O)COCC1N. The largest absolute Gasteiger partial charge is 0.478 e. The van der Waals surface area contributed by atoms with Gasteiger partial charge in [-0.25, -0.2) is 4.79 Å². The number of rotatable bonds is 3. The number of carboxylic acids is 1. The lowest BCUT2D eigenvalue weighted by Crippen LogP contribution is -2.47. The van der Waals surface area contributed by atoms with Gasteiger partial charge in [0, 0.05) is 10.5 Å². The van der Waals surface area contributed by atoms with E-state index in [2.05, 4.69) is 21.2 Å². The van der Waals surface area contributed by atoms with Crippen LogP contribution in [0.15, 0.2) is 22.7 Å². The molecule has 1 amide bonds. The van der Waals surface area contributed by atoms with Crippen LogP contribution in [0.25, 0.3) is 0 Å². The van der Waals surface area contributed by atoms with Gasteiger partial charge < -0.3 is 20.9 Å². The van der Waals surface area contributed by atoms with Crippen molar-refractivity contribution in [3.8, 4) is 0 Å². The maximum Gasteiger partial charge on any atom is 0.337 e. The number of carbonyl (C=O) groups is 2. The zero-order valence-corrected chi connectivity index (χ0v) is 12.4. The molecule has 0 aliphatic carbocycles. The fraction of sp³-hybridized carbons (Fsp3) is 0.385. The van der Waals surface area contributed by atoms with Crippen molar-refractivity contribution in [1.82, 2.24) is 0 Å². The molecular weight excluding hydrogens is 328 g/mol. The van der Waals surface area contributed by atoms with Crippen LogP contribution in [0, 0.1) is 5.41 Å². The van der Waals surface area contributed by atoms with Crippen LogP contribution in [0.1, 0.15) is 17.3 Å². The Morgan fingerprint density at radius 1 is 1.55 bits per heavy atom. The van der Waals surface area contributed by atoms with Gasteiger partial charge in [0.05, 0.1) is 29.9 Å². The quantitative estimate of drug-likeness (QED) is 0.771.